The zero-order chi connectivity index (χ0) is 9.68. The average Bonchev–Trinajstić information content (AvgIpc) is 2.18. The fourth-order valence-corrected chi connectivity index (χ4v) is 2.39. The van der Waals surface area contributed by atoms with Gasteiger partial charge < -0.3 is 5.73 Å². The van der Waals surface area contributed by atoms with Gasteiger partial charge in [-0.05, 0) is 24.7 Å². The van der Waals surface area contributed by atoms with E-state index >= 15 is 0 Å². The summed E-state index contributed by atoms with van der Waals surface area (Å²) in [7, 11) is 0. The Bertz CT molecular complexity index is 180. The summed E-state index contributed by atoms with van der Waals surface area (Å²) in [5.74, 6) is 4.27. The summed E-state index contributed by atoms with van der Waals surface area (Å²) in [4.78, 5) is 0. The van der Waals surface area contributed by atoms with Crippen LogP contribution >= 0.6 is 0 Å². The van der Waals surface area contributed by atoms with Crippen molar-refractivity contribution in [3.8, 4) is 12.3 Å². The van der Waals surface area contributed by atoms with Crippen molar-refractivity contribution in [2.24, 2.45) is 17.6 Å². The number of rotatable bonds is 3. The Balaban J connectivity index is 2.37. The molecular weight excluding hydrogens is 158 g/mol. The Morgan fingerprint density at radius 2 is 2.31 bits per heavy atom. The molecule has 1 aliphatic rings. The maximum Gasteiger partial charge on any atom is 0.0241 e. The molecule has 0 aliphatic heterocycles. The molecule has 74 valence electrons. The fraction of sp³-hybridized carbons (Fsp3) is 0.833. The van der Waals surface area contributed by atoms with Crippen LogP contribution in [0.5, 0.6) is 0 Å². The molecular formula is C12H21N. The van der Waals surface area contributed by atoms with Crippen LogP contribution in [0.15, 0.2) is 0 Å². The molecule has 0 aromatic rings. The van der Waals surface area contributed by atoms with Gasteiger partial charge in [-0.25, -0.2) is 0 Å². The molecule has 1 rings (SSSR count). The molecule has 0 saturated heterocycles. The second kappa shape index (κ2) is 5.29. The summed E-state index contributed by atoms with van der Waals surface area (Å²) in [5, 5.41) is 0. The fourth-order valence-electron chi connectivity index (χ4n) is 2.39. The van der Waals surface area contributed by atoms with Crippen molar-refractivity contribution >= 4 is 0 Å². The molecule has 0 bridgehead atoms. The van der Waals surface area contributed by atoms with Crippen LogP contribution in [0, 0.1) is 24.2 Å². The smallest absolute Gasteiger partial charge is 0.0241 e. The van der Waals surface area contributed by atoms with E-state index in [9.17, 15) is 0 Å². The molecule has 0 amide bonds. The predicted molar refractivity (Wildman–Crippen MR) is 57.2 cm³/mol. The van der Waals surface area contributed by atoms with Crippen LogP contribution in [-0.2, 0) is 0 Å². The number of hydrogen-bond donors (Lipinski definition) is 1. The summed E-state index contributed by atoms with van der Waals surface area (Å²) in [6.45, 7) is 2.28. The van der Waals surface area contributed by atoms with Crippen LogP contribution < -0.4 is 5.73 Å². The molecule has 3 unspecified atom stereocenters. The largest absolute Gasteiger partial charge is 0.327 e. The lowest BCUT2D eigenvalue weighted by atomic mass is 9.76. The second-order valence-electron chi connectivity index (χ2n) is 4.27. The number of terminal acetylenes is 1. The zero-order valence-corrected chi connectivity index (χ0v) is 8.63. The molecule has 0 aromatic carbocycles. The van der Waals surface area contributed by atoms with E-state index in [4.69, 9.17) is 12.2 Å². The summed E-state index contributed by atoms with van der Waals surface area (Å²) in [6, 6.07) is 0.249. The molecule has 1 aliphatic carbocycles. The van der Waals surface area contributed by atoms with Crippen molar-refractivity contribution in [1.82, 2.24) is 0 Å². The highest BCUT2D eigenvalue weighted by Gasteiger charge is 2.24. The first-order valence-electron chi connectivity index (χ1n) is 5.47. The van der Waals surface area contributed by atoms with Gasteiger partial charge in [0.1, 0.15) is 0 Å². The van der Waals surface area contributed by atoms with Gasteiger partial charge >= 0.3 is 0 Å². The zero-order valence-electron chi connectivity index (χ0n) is 8.63. The minimum absolute atomic E-state index is 0.249. The van der Waals surface area contributed by atoms with E-state index in [0.717, 1.165) is 12.3 Å². The van der Waals surface area contributed by atoms with Gasteiger partial charge in [0.2, 0.25) is 0 Å². The van der Waals surface area contributed by atoms with Crippen LogP contribution in [0.2, 0.25) is 0 Å². The molecule has 2 N–H and O–H groups in total. The van der Waals surface area contributed by atoms with Crippen molar-refractivity contribution < 1.29 is 0 Å². The number of nitrogens with two attached hydrogens (primary N) is 1. The standard InChI is InChI=1S/C12H21N/c1-3-6-12(13)11-8-5-7-10(4-2)9-11/h1,10-12H,4-9,13H2,2H3. The molecule has 0 heterocycles. The molecule has 1 fully saturated rings. The van der Waals surface area contributed by atoms with Crippen LogP contribution in [0.3, 0.4) is 0 Å². The van der Waals surface area contributed by atoms with Crippen LogP contribution in [0.4, 0.5) is 0 Å². The van der Waals surface area contributed by atoms with Gasteiger partial charge in [0.15, 0.2) is 0 Å². The normalized spacial score (nSPS) is 30.8. The Kier molecular flexibility index (Phi) is 4.32. The van der Waals surface area contributed by atoms with E-state index in [-0.39, 0.29) is 6.04 Å². The molecule has 0 spiro atoms. The third-order valence-electron chi connectivity index (χ3n) is 3.36. The first-order chi connectivity index (χ1) is 6.27. The summed E-state index contributed by atoms with van der Waals surface area (Å²) < 4.78 is 0. The van der Waals surface area contributed by atoms with E-state index < -0.39 is 0 Å². The van der Waals surface area contributed by atoms with E-state index in [2.05, 4.69) is 12.8 Å². The van der Waals surface area contributed by atoms with Crippen molar-refractivity contribution in [2.45, 2.75) is 51.5 Å². The quantitative estimate of drug-likeness (QED) is 0.662. The van der Waals surface area contributed by atoms with Gasteiger partial charge in [0.05, 0.1) is 0 Å². The lowest BCUT2D eigenvalue weighted by Gasteiger charge is -2.31. The maximum absolute atomic E-state index is 6.03. The molecule has 1 saturated carbocycles. The van der Waals surface area contributed by atoms with Gasteiger partial charge in [-0.3, -0.25) is 0 Å². The lowest BCUT2D eigenvalue weighted by molar-refractivity contribution is 0.230. The van der Waals surface area contributed by atoms with Gasteiger partial charge in [-0.15, -0.1) is 12.3 Å². The first kappa shape index (κ1) is 10.6. The van der Waals surface area contributed by atoms with E-state index in [1.54, 1.807) is 0 Å². The lowest BCUT2D eigenvalue weighted by Crippen LogP contribution is -2.33. The molecule has 13 heavy (non-hydrogen) atoms. The highest BCUT2D eigenvalue weighted by atomic mass is 14.6. The third-order valence-corrected chi connectivity index (χ3v) is 3.36. The van der Waals surface area contributed by atoms with Gasteiger partial charge in [0, 0.05) is 12.5 Å². The van der Waals surface area contributed by atoms with E-state index in [1.165, 1.54) is 32.1 Å². The molecule has 1 nitrogen and oxygen atoms in total. The van der Waals surface area contributed by atoms with Crippen molar-refractivity contribution in [1.29, 1.82) is 0 Å². The Hall–Kier alpha value is -0.480. The SMILES string of the molecule is C#CCC(N)C1CCCC(CC)C1. The van der Waals surface area contributed by atoms with E-state index in [0.29, 0.717) is 5.92 Å². The molecule has 0 radical (unpaired) electrons. The Morgan fingerprint density at radius 1 is 1.54 bits per heavy atom. The first-order valence-corrected chi connectivity index (χ1v) is 5.47. The highest BCUT2D eigenvalue weighted by molar-refractivity contribution is 4.92. The van der Waals surface area contributed by atoms with Gasteiger partial charge in [0.25, 0.3) is 0 Å². The summed E-state index contributed by atoms with van der Waals surface area (Å²) >= 11 is 0. The van der Waals surface area contributed by atoms with Crippen LogP contribution in [0.25, 0.3) is 0 Å². The predicted octanol–water partition coefficient (Wildman–Crippen LogP) is 2.55. The Labute approximate surface area is 82.1 Å². The minimum atomic E-state index is 0.249. The average molecular weight is 179 g/mol. The van der Waals surface area contributed by atoms with Crippen molar-refractivity contribution in [2.75, 3.05) is 0 Å². The number of hydrogen-bond acceptors (Lipinski definition) is 1. The topological polar surface area (TPSA) is 26.0 Å². The molecule has 3 atom stereocenters. The van der Waals surface area contributed by atoms with E-state index in [1.807, 2.05) is 0 Å². The van der Waals surface area contributed by atoms with Crippen molar-refractivity contribution in [3.63, 3.8) is 0 Å². The van der Waals surface area contributed by atoms with Crippen LogP contribution in [0.1, 0.15) is 45.4 Å². The third kappa shape index (κ3) is 3.04. The maximum atomic E-state index is 6.03. The summed E-state index contributed by atoms with van der Waals surface area (Å²) in [5.41, 5.74) is 6.03. The van der Waals surface area contributed by atoms with Gasteiger partial charge in [-0.2, -0.15) is 0 Å². The monoisotopic (exact) mass is 179 g/mol. The highest BCUT2D eigenvalue weighted by Crippen LogP contribution is 2.32. The molecule has 0 aromatic heterocycles. The Morgan fingerprint density at radius 3 is 2.92 bits per heavy atom. The minimum Gasteiger partial charge on any atom is -0.327 e. The molecule has 1 heteroatoms. The second-order valence-corrected chi connectivity index (χ2v) is 4.27. The van der Waals surface area contributed by atoms with Crippen molar-refractivity contribution in [3.05, 3.63) is 0 Å². The summed E-state index contributed by atoms with van der Waals surface area (Å²) in [6.07, 6.45) is 12.7. The van der Waals surface area contributed by atoms with Crippen LogP contribution in [-0.4, -0.2) is 6.04 Å². The van der Waals surface area contributed by atoms with Gasteiger partial charge in [-0.1, -0.05) is 26.2 Å².